The Labute approximate surface area is 115 Å². The zero-order valence-electron chi connectivity index (χ0n) is 10.5. The van der Waals surface area contributed by atoms with Crippen LogP contribution in [0.25, 0.3) is 0 Å². The lowest BCUT2D eigenvalue weighted by atomic mass is 9.84. The minimum atomic E-state index is -0.653. The van der Waals surface area contributed by atoms with Crippen LogP contribution >= 0.6 is 15.9 Å². The molecule has 1 aliphatic heterocycles. The number of halogens is 1. The van der Waals surface area contributed by atoms with Crippen molar-refractivity contribution in [2.24, 2.45) is 11.1 Å². The Morgan fingerprint density at radius 2 is 2.33 bits per heavy atom. The van der Waals surface area contributed by atoms with Gasteiger partial charge in [-0.05, 0) is 37.6 Å². The van der Waals surface area contributed by atoms with Crippen LogP contribution in [0.5, 0.6) is 0 Å². The summed E-state index contributed by atoms with van der Waals surface area (Å²) < 4.78 is 6.28. The van der Waals surface area contributed by atoms with Crippen molar-refractivity contribution >= 4 is 27.5 Å². The van der Waals surface area contributed by atoms with Gasteiger partial charge in [0.2, 0.25) is 5.91 Å². The molecule has 1 aliphatic rings. The summed E-state index contributed by atoms with van der Waals surface area (Å²) in [5.74, 6) is -0.0853. The molecule has 0 aliphatic carbocycles. The Hall–Kier alpha value is -0.910. The van der Waals surface area contributed by atoms with Crippen LogP contribution in [0.4, 0.5) is 5.69 Å². The van der Waals surface area contributed by atoms with Gasteiger partial charge >= 0.3 is 0 Å². The summed E-state index contributed by atoms with van der Waals surface area (Å²) in [7, 11) is 0. The van der Waals surface area contributed by atoms with Gasteiger partial charge in [0, 0.05) is 16.2 Å². The van der Waals surface area contributed by atoms with Gasteiger partial charge in [-0.1, -0.05) is 15.9 Å². The van der Waals surface area contributed by atoms with Crippen molar-refractivity contribution in [2.75, 3.05) is 18.5 Å². The number of benzene rings is 1. The molecular formula is C13H17BrN2O2. The summed E-state index contributed by atoms with van der Waals surface area (Å²) in [5.41, 5.74) is 7.10. The lowest BCUT2D eigenvalue weighted by Gasteiger charge is -2.25. The van der Waals surface area contributed by atoms with Crippen molar-refractivity contribution in [3.63, 3.8) is 0 Å². The van der Waals surface area contributed by atoms with Crippen LogP contribution in [0.2, 0.25) is 0 Å². The van der Waals surface area contributed by atoms with E-state index in [9.17, 15) is 4.79 Å². The van der Waals surface area contributed by atoms with Gasteiger partial charge in [-0.3, -0.25) is 4.79 Å². The molecule has 1 aromatic carbocycles. The minimum Gasteiger partial charge on any atom is -0.379 e. The second kappa shape index (κ2) is 4.99. The van der Waals surface area contributed by atoms with Gasteiger partial charge in [-0.15, -0.1) is 0 Å². The van der Waals surface area contributed by atoms with E-state index in [0.717, 1.165) is 15.7 Å². The number of nitrogens with one attached hydrogen (secondary N) is 1. The van der Waals surface area contributed by atoms with E-state index in [1.165, 1.54) is 0 Å². The average molecular weight is 313 g/mol. The van der Waals surface area contributed by atoms with Crippen LogP contribution in [0, 0.1) is 12.3 Å². The van der Waals surface area contributed by atoms with Gasteiger partial charge in [0.15, 0.2) is 0 Å². The van der Waals surface area contributed by atoms with Crippen molar-refractivity contribution in [3.05, 3.63) is 28.2 Å². The summed E-state index contributed by atoms with van der Waals surface area (Å²) in [5, 5.41) is 2.93. The zero-order valence-corrected chi connectivity index (χ0v) is 12.1. The summed E-state index contributed by atoms with van der Waals surface area (Å²) in [6.07, 6.45) is 0. The van der Waals surface area contributed by atoms with Crippen LogP contribution in [0.15, 0.2) is 22.7 Å². The lowest BCUT2D eigenvalue weighted by molar-refractivity contribution is -0.125. The van der Waals surface area contributed by atoms with E-state index in [4.69, 9.17) is 10.5 Å². The number of carbonyl (C=O) groups excluding carboxylic acids is 1. The van der Waals surface area contributed by atoms with Crippen molar-refractivity contribution < 1.29 is 9.53 Å². The number of hydrogen-bond acceptors (Lipinski definition) is 3. The van der Waals surface area contributed by atoms with E-state index < -0.39 is 5.41 Å². The molecule has 5 heteroatoms. The van der Waals surface area contributed by atoms with E-state index in [1.807, 2.05) is 32.0 Å². The molecule has 1 heterocycles. The largest absolute Gasteiger partial charge is 0.379 e. The highest BCUT2D eigenvalue weighted by Gasteiger charge is 2.44. The van der Waals surface area contributed by atoms with Crippen molar-refractivity contribution in [1.82, 2.24) is 0 Å². The standard InChI is InChI=1S/C13H17BrN2O2/c1-8-5-9(14)3-4-10(8)16-12(17)13(2)7-18-6-11(13)15/h3-5,11H,6-7,15H2,1-2H3,(H,16,17). The molecule has 2 atom stereocenters. The molecule has 0 saturated carbocycles. The highest BCUT2D eigenvalue weighted by Crippen LogP contribution is 2.29. The molecule has 2 rings (SSSR count). The molecule has 0 aromatic heterocycles. The molecule has 98 valence electrons. The molecule has 1 fully saturated rings. The van der Waals surface area contributed by atoms with Crippen LogP contribution < -0.4 is 11.1 Å². The predicted molar refractivity (Wildman–Crippen MR) is 74.4 cm³/mol. The maximum atomic E-state index is 12.3. The Kier molecular flexibility index (Phi) is 3.75. The van der Waals surface area contributed by atoms with Crippen LogP contribution in [-0.2, 0) is 9.53 Å². The number of rotatable bonds is 2. The zero-order chi connectivity index (χ0) is 13.3. The van der Waals surface area contributed by atoms with Crippen LogP contribution in [0.3, 0.4) is 0 Å². The van der Waals surface area contributed by atoms with Gasteiger partial charge in [0.25, 0.3) is 0 Å². The SMILES string of the molecule is Cc1cc(Br)ccc1NC(=O)C1(C)COCC1N. The number of aryl methyl sites for hydroxylation is 1. The Bertz CT molecular complexity index is 478. The van der Waals surface area contributed by atoms with E-state index >= 15 is 0 Å². The fraction of sp³-hybridized carbons (Fsp3) is 0.462. The monoisotopic (exact) mass is 312 g/mol. The molecular weight excluding hydrogens is 296 g/mol. The van der Waals surface area contributed by atoms with Gasteiger partial charge in [0.1, 0.15) is 0 Å². The number of carbonyl (C=O) groups is 1. The molecule has 1 amide bonds. The van der Waals surface area contributed by atoms with Crippen molar-refractivity contribution in [1.29, 1.82) is 0 Å². The van der Waals surface area contributed by atoms with Gasteiger partial charge in [-0.2, -0.15) is 0 Å². The highest BCUT2D eigenvalue weighted by atomic mass is 79.9. The molecule has 0 bridgehead atoms. The number of hydrogen-bond donors (Lipinski definition) is 2. The normalized spacial score (nSPS) is 27.2. The molecule has 18 heavy (non-hydrogen) atoms. The number of anilines is 1. The van der Waals surface area contributed by atoms with E-state index in [1.54, 1.807) is 0 Å². The highest BCUT2D eigenvalue weighted by molar-refractivity contribution is 9.10. The number of amides is 1. The predicted octanol–water partition coefficient (Wildman–Crippen LogP) is 2.06. The maximum absolute atomic E-state index is 12.3. The third kappa shape index (κ3) is 2.43. The smallest absolute Gasteiger partial charge is 0.234 e. The first kappa shape index (κ1) is 13.5. The summed E-state index contributed by atoms with van der Waals surface area (Å²) in [4.78, 5) is 12.3. The number of nitrogens with two attached hydrogens (primary N) is 1. The van der Waals surface area contributed by atoms with Gasteiger partial charge in [0.05, 0.1) is 18.6 Å². The Balaban J connectivity index is 2.16. The van der Waals surface area contributed by atoms with E-state index in [-0.39, 0.29) is 11.9 Å². The first-order chi connectivity index (χ1) is 8.43. The molecule has 2 unspecified atom stereocenters. The second-order valence-electron chi connectivity index (χ2n) is 4.95. The van der Waals surface area contributed by atoms with Crippen LogP contribution in [-0.4, -0.2) is 25.2 Å². The summed E-state index contributed by atoms with van der Waals surface area (Å²) >= 11 is 3.40. The minimum absolute atomic E-state index is 0.0853. The third-order valence-electron chi connectivity index (χ3n) is 3.47. The molecule has 1 saturated heterocycles. The van der Waals surface area contributed by atoms with E-state index in [0.29, 0.717) is 13.2 Å². The van der Waals surface area contributed by atoms with Crippen molar-refractivity contribution in [2.45, 2.75) is 19.9 Å². The maximum Gasteiger partial charge on any atom is 0.234 e. The summed E-state index contributed by atoms with van der Waals surface area (Å²) in [6.45, 7) is 4.60. The molecule has 3 N–H and O–H groups in total. The lowest BCUT2D eigenvalue weighted by Crippen LogP contribution is -2.47. The summed E-state index contributed by atoms with van der Waals surface area (Å²) in [6, 6.07) is 5.48. The van der Waals surface area contributed by atoms with E-state index in [2.05, 4.69) is 21.2 Å². The topological polar surface area (TPSA) is 64.3 Å². The molecule has 0 spiro atoms. The number of ether oxygens (including phenoxy) is 1. The second-order valence-corrected chi connectivity index (χ2v) is 5.87. The molecule has 4 nitrogen and oxygen atoms in total. The molecule has 0 radical (unpaired) electrons. The quantitative estimate of drug-likeness (QED) is 0.878. The fourth-order valence-electron chi connectivity index (χ4n) is 1.96. The van der Waals surface area contributed by atoms with Crippen molar-refractivity contribution in [3.8, 4) is 0 Å². The van der Waals surface area contributed by atoms with Gasteiger partial charge in [-0.25, -0.2) is 0 Å². The fourth-order valence-corrected chi connectivity index (χ4v) is 2.43. The Morgan fingerprint density at radius 3 is 2.89 bits per heavy atom. The Morgan fingerprint density at radius 1 is 1.61 bits per heavy atom. The first-order valence-electron chi connectivity index (χ1n) is 5.84. The average Bonchev–Trinajstić information content (AvgIpc) is 2.64. The molecule has 1 aromatic rings. The van der Waals surface area contributed by atoms with Crippen LogP contribution in [0.1, 0.15) is 12.5 Å². The third-order valence-corrected chi connectivity index (χ3v) is 3.97. The first-order valence-corrected chi connectivity index (χ1v) is 6.64. The van der Waals surface area contributed by atoms with Gasteiger partial charge < -0.3 is 15.8 Å².